The second-order valence-corrected chi connectivity index (χ2v) is 6.78. The molecule has 25 heavy (non-hydrogen) atoms. The van der Waals surface area contributed by atoms with Crippen LogP contribution in [0.25, 0.3) is 0 Å². The van der Waals surface area contributed by atoms with Crippen LogP contribution in [0.2, 0.25) is 0 Å². The standard InChI is InChI=1S/C17H19N3O5/c1-16(13(22)19-15(25)20-16)10-4-2-5-11(8-10)18-12(21)9-17(14(23)24)6-3-7-17/h2,4-5,8H,3,6-7,9H2,1H3,(H,18,21)(H,23,24)(H2,19,20,22,25). The molecule has 1 unspecified atom stereocenters. The van der Waals surface area contributed by atoms with Crippen molar-refractivity contribution in [1.29, 1.82) is 0 Å². The lowest BCUT2D eigenvalue weighted by atomic mass is 9.66. The Bertz CT molecular complexity index is 771. The molecule has 8 heteroatoms. The van der Waals surface area contributed by atoms with Crippen LogP contribution in [-0.4, -0.2) is 28.9 Å². The number of carboxylic acids is 1. The van der Waals surface area contributed by atoms with Crippen molar-refractivity contribution in [3.63, 3.8) is 0 Å². The molecule has 1 atom stereocenters. The zero-order chi connectivity index (χ0) is 18.2. The smallest absolute Gasteiger partial charge is 0.322 e. The lowest BCUT2D eigenvalue weighted by Gasteiger charge is -2.36. The Morgan fingerprint density at radius 2 is 2.00 bits per heavy atom. The third-order valence-corrected chi connectivity index (χ3v) is 5.03. The first kappa shape index (κ1) is 16.9. The number of carbonyl (C=O) groups is 4. The van der Waals surface area contributed by atoms with Gasteiger partial charge in [0.05, 0.1) is 5.41 Å². The summed E-state index contributed by atoms with van der Waals surface area (Å²) in [4.78, 5) is 47.0. The van der Waals surface area contributed by atoms with Crippen LogP contribution in [0.5, 0.6) is 0 Å². The zero-order valence-electron chi connectivity index (χ0n) is 13.7. The lowest BCUT2D eigenvalue weighted by Crippen LogP contribution is -2.41. The number of hydrogen-bond acceptors (Lipinski definition) is 4. The van der Waals surface area contributed by atoms with Crippen LogP contribution in [0.15, 0.2) is 24.3 Å². The molecule has 1 aromatic carbocycles. The van der Waals surface area contributed by atoms with Gasteiger partial charge in [-0.1, -0.05) is 18.6 Å². The number of carboxylic acid groups (broad SMARTS) is 1. The Hall–Kier alpha value is -2.90. The summed E-state index contributed by atoms with van der Waals surface area (Å²) in [6.45, 7) is 1.57. The normalized spacial score (nSPS) is 24.0. The van der Waals surface area contributed by atoms with Crippen molar-refractivity contribution in [2.45, 2.75) is 38.1 Å². The van der Waals surface area contributed by atoms with Crippen molar-refractivity contribution in [3.8, 4) is 0 Å². The zero-order valence-corrected chi connectivity index (χ0v) is 13.7. The number of urea groups is 1. The van der Waals surface area contributed by atoms with Gasteiger partial charge in [-0.2, -0.15) is 0 Å². The highest BCUT2D eigenvalue weighted by Gasteiger charge is 2.46. The fourth-order valence-corrected chi connectivity index (χ4v) is 3.24. The molecule has 1 saturated heterocycles. The molecule has 0 spiro atoms. The maximum Gasteiger partial charge on any atom is 0.322 e. The molecule has 0 radical (unpaired) electrons. The Kier molecular flexibility index (Phi) is 3.98. The number of aliphatic carboxylic acids is 1. The average molecular weight is 345 g/mol. The summed E-state index contributed by atoms with van der Waals surface area (Å²) in [6, 6.07) is 6.00. The number of amides is 4. The van der Waals surface area contributed by atoms with Crippen LogP contribution in [0.3, 0.4) is 0 Å². The summed E-state index contributed by atoms with van der Waals surface area (Å²) < 4.78 is 0. The van der Waals surface area contributed by atoms with Crippen molar-refractivity contribution in [3.05, 3.63) is 29.8 Å². The molecule has 2 aliphatic rings. The third-order valence-electron chi connectivity index (χ3n) is 5.03. The third kappa shape index (κ3) is 2.95. The fraction of sp³-hybridized carbons (Fsp3) is 0.412. The first-order valence-electron chi connectivity index (χ1n) is 8.03. The van der Waals surface area contributed by atoms with E-state index in [1.54, 1.807) is 31.2 Å². The van der Waals surface area contributed by atoms with Gasteiger partial charge in [-0.25, -0.2) is 4.79 Å². The minimum atomic E-state index is -1.21. The van der Waals surface area contributed by atoms with Gasteiger partial charge < -0.3 is 15.7 Å². The number of hydrogen-bond donors (Lipinski definition) is 4. The van der Waals surface area contributed by atoms with Crippen LogP contribution >= 0.6 is 0 Å². The first-order valence-corrected chi connectivity index (χ1v) is 8.03. The van der Waals surface area contributed by atoms with Gasteiger partial charge in [-0.15, -0.1) is 0 Å². The van der Waals surface area contributed by atoms with E-state index in [0.29, 0.717) is 24.1 Å². The van der Waals surface area contributed by atoms with Crippen LogP contribution < -0.4 is 16.0 Å². The quantitative estimate of drug-likeness (QED) is 0.599. The minimum absolute atomic E-state index is 0.0823. The fourth-order valence-electron chi connectivity index (χ4n) is 3.24. The van der Waals surface area contributed by atoms with Gasteiger partial charge in [0.15, 0.2) is 0 Å². The summed E-state index contributed by atoms with van der Waals surface area (Å²) in [7, 11) is 0. The number of imide groups is 1. The van der Waals surface area contributed by atoms with E-state index in [0.717, 1.165) is 6.42 Å². The van der Waals surface area contributed by atoms with E-state index < -0.39 is 28.9 Å². The molecule has 4 amide bonds. The Morgan fingerprint density at radius 3 is 2.52 bits per heavy atom. The highest BCUT2D eigenvalue weighted by molar-refractivity contribution is 6.07. The van der Waals surface area contributed by atoms with Crippen molar-refractivity contribution in [1.82, 2.24) is 10.6 Å². The predicted octanol–water partition coefficient (Wildman–Crippen LogP) is 1.32. The second-order valence-electron chi connectivity index (χ2n) is 6.78. The Balaban J connectivity index is 1.74. The predicted molar refractivity (Wildman–Crippen MR) is 87.6 cm³/mol. The lowest BCUT2D eigenvalue weighted by molar-refractivity contribution is -0.157. The van der Waals surface area contributed by atoms with Gasteiger partial charge in [-0.05, 0) is 37.5 Å². The Morgan fingerprint density at radius 1 is 1.28 bits per heavy atom. The molecule has 4 N–H and O–H groups in total. The molecule has 1 aliphatic carbocycles. The van der Waals surface area contributed by atoms with Crippen LogP contribution in [0.4, 0.5) is 10.5 Å². The molecule has 1 heterocycles. The highest BCUT2D eigenvalue weighted by atomic mass is 16.4. The van der Waals surface area contributed by atoms with Gasteiger partial charge in [0.25, 0.3) is 5.91 Å². The molecule has 0 aromatic heterocycles. The molecule has 1 aliphatic heterocycles. The topological polar surface area (TPSA) is 125 Å². The molecule has 1 aromatic rings. The average Bonchev–Trinajstić information content (AvgIpc) is 2.76. The summed E-state index contributed by atoms with van der Waals surface area (Å²) in [5.41, 5.74) is -1.22. The highest BCUT2D eigenvalue weighted by Crippen LogP contribution is 2.44. The largest absolute Gasteiger partial charge is 0.481 e. The van der Waals surface area contributed by atoms with Gasteiger partial charge in [0.1, 0.15) is 5.54 Å². The van der Waals surface area contributed by atoms with Gasteiger partial charge in [0.2, 0.25) is 5.91 Å². The second kappa shape index (κ2) is 5.87. The van der Waals surface area contributed by atoms with Crippen molar-refractivity contribution >= 4 is 29.5 Å². The van der Waals surface area contributed by atoms with Crippen LogP contribution in [-0.2, 0) is 19.9 Å². The molecule has 0 bridgehead atoms. The first-order chi connectivity index (χ1) is 11.7. The SMILES string of the molecule is CC1(c2cccc(NC(=O)CC3(C(=O)O)CCC3)c2)NC(=O)NC1=O. The van der Waals surface area contributed by atoms with Crippen molar-refractivity contribution in [2.75, 3.05) is 5.32 Å². The maximum atomic E-state index is 12.2. The summed E-state index contributed by atoms with van der Waals surface area (Å²) in [6.07, 6.45) is 1.73. The van der Waals surface area contributed by atoms with E-state index in [1.165, 1.54) is 0 Å². The summed E-state index contributed by atoms with van der Waals surface area (Å²) in [5.74, 6) is -1.80. The van der Waals surface area contributed by atoms with Crippen LogP contribution in [0.1, 0.15) is 38.2 Å². The number of benzene rings is 1. The number of rotatable bonds is 5. The monoisotopic (exact) mass is 345 g/mol. The molecular formula is C17H19N3O5. The number of nitrogens with one attached hydrogen (secondary N) is 3. The van der Waals surface area contributed by atoms with Crippen LogP contribution in [0, 0.1) is 5.41 Å². The van der Waals surface area contributed by atoms with E-state index in [-0.39, 0.29) is 12.3 Å². The summed E-state index contributed by atoms with van der Waals surface area (Å²) in [5, 5.41) is 16.7. The Labute approximate surface area is 144 Å². The number of carbonyl (C=O) groups excluding carboxylic acids is 3. The van der Waals surface area contributed by atoms with Crippen molar-refractivity contribution in [2.24, 2.45) is 5.41 Å². The molecule has 2 fully saturated rings. The molecule has 8 nitrogen and oxygen atoms in total. The van der Waals surface area contributed by atoms with Gasteiger partial charge in [-0.3, -0.25) is 19.7 Å². The molecule has 1 saturated carbocycles. The van der Waals surface area contributed by atoms with Gasteiger partial charge >= 0.3 is 12.0 Å². The van der Waals surface area contributed by atoms with E-state index >= 15 is 0 Å². The van der Waals surface area contributed by atoms with E-state index in [9.17, 15) is 24.3 Å². The molecule has 132 valence electrons. The number of anilines is 1. The molecule has 3 rings (SSSR count). The van der Waals surface area contributed by atoms with E-state index in [1.807, 2.05) is 0 Å². The molecular weight excluding hydrogens is 326 g/mol. The van der Waals surface area contributed by atoms with Gasteiger partial charge in [0, 0.05) is 12.1 Å². The minimum Gasteiger partial charge on any atom is -0.481 e. The summed E-state index contributed by atoms with van der Waals surface area (Å²) >= 11 is 0. The van der Waals surface area contributed by atoms with E-state index in [4.69, 9.17) is 0 Å². The maximum absolute atomic E-state index is 12.2. The van der Waals surface area contributed by atoms with E-state index in [2.05, 4.69) is 16.0 Å². The van der Waals surface area contributed by atoms with Crippen molar-refractivity contribution < 1.29 is 24.3 Å².